The van der Waals surface area contributed by atoms with Crippen molar-refractivity contribution in [2.75, 3.05) is 0 Å². The fourth-order valence-electron chi connectivity index (χ4n) is 2.80. The molecule has 0 unspecified atom stereocenters. The first-order chi connectivity index (χ1) is 13.3. The van der Waals surface area contributed by atoms with E-state index in [1.165, 1.54) is 0 Å². The molecule has 0 saturated heterocycles. The summed E-state index contributed by atoms with van der Waals surface area (Å²) in [5, 5.41) is 5.84. The van der Waals surface area contributed by atoms with Crippen LogP contribution in [0.2, 0.25) is 0 Å². The van der Waals surface area contributed by atoms with Crippen LogP contribution in [-0.2, 0) is 17.9 Å². The molecule has 2 aromatic heterocycles. The summed E-state index contributed by atoms with van der Waals surface area (Å²) in [5.41, 5.74) is 3.01. The fourth-order valence-corrected chi connectivity index (χ4v) is 3.55. The molecule has 0 spiro atoms. The number of hydrogen-bond acceptors (Lipinski definition) is 4. The zero-order valence-electron chi connectivity index (χ0n) is 14.6. The van der Waals surface area contributed by atoms with E-state index in [2.05, 4.69) is 15.3 Å². The number of benzene rings is 2. The Balaban J connectivity index is 1.37. The number of thiazole rings is 1. The van der Waals surface area contributed by atoms with E-state index in [4.69, 9.17) is 0 Å². The van der Waals surface area contributed by atoms with Crippen molar-refractivity contribution < 1.29 is 4.79 Å². The number of amides is 1. The molecule has 6 heteroatoms. The van der Waals surface area contributed by atoms with Gasteiger partial charge in [-0.25, -0.2) is 9.97 Å². The van der Waals surface area contributed by atoms with Gasteiger partial charge in [-0.15, -0.1) is 11.3 Å². The van der Waals surface area contributed by atoms with E-state index in [0.717, 1.165) is 27.7 Å². The van der Waals surface area contributed by atoms with E-state index >= 15 is 0 Å². The number of nitrogens with zero attached hydrogens (tertiary/aromatic N) is 3. The maximum Gasteiger partial charge on any atom is 0.240 e. The van der Waals surface area contributed by atoms with Crippen molar-refractivity contribution in [1.82, 2.24) is 19.9 Å². The molecule has 1 N–H and O–H groups in total. The summed E-state index contributed by atoms with van der Waals surface area (Å²) < 4.78 is 1.85. The minimum Gasteiger partial charge on any atom is -0.348 e. The Kier molecular flexibility index (Phi) is 5.07. The smallest absolute Gasteiger partial charge is 0.240 e. The summed E-state index contributed by atoms with van der Waals surface area (Å²) in [7, 11) is 0. The lowest BCUT2D eigenvalue weighted by Gasteiger charge is -2.08. The van der Waals surface area contributed by atoms with E-state index in [0.29, 0.717) is 6.54 Å². The largest absolute Gasteiger partial charge is 0.348 e. The van der Waals surface area contributed by atoms with Gasteiger partial charge in [0.25, 0.3) is 0 Å². The van der Waals surface area contributed by atoms with E-state index in [1.54, 1.807) is 17.5 Å². The molecule has 5 nitrogen and oxygen atoms in total. The number of imidazole rings is 1. The number of carbonyl (C=O) groups is 1. The van der Waals surface area contributed by atoms with Gasteiger partial charge in [-0.3, -0.25) is 4.79 Å². The summed E-state index contributed by atoms with van der Waals surface area (Å²) in [6, 6.07) is 19.9. The van der Waals surface area contributed by atoms with Crippen LogP contribution in [0.1, 0.15) is 5.01 Å². The van der Waals surface area contributed by atoms with Crippen molar-refractivity contribution in [2.45, 2.75) is 13.1 Å². The van der Waals surface area contributed by atoms with Crippen LogP contribution in [-0.4, -0.2) is 20.4 Å². The molecule has 0 radical (unpaired) electrons. The first kappa shape index (κ1) is 17.2. The minimum atomic E-state index is -0.0679. The molecule has 0 atom stereocenters. The van der Waals surface area contributed by atoms with Crippen molar-refractivity contribution in [3.8, 4) is 22.6 Å². The average Bonchev–Trinajstić information content (AvgIpc) is 3.37. The molecule has 2 heterocycles. The molecular formula is C21H18N4OS. The highest BCUT2D eigenvalue weighted by atomic mass is 32.1. The lowest BCUT2D eigenvalue weighted by molar-refractivity contribution is -0.121. The van der Waals surface area contributed by atoms with Gasteiger partial charge in [-0.2, -0.15) is 0 Å². The van der Waals surface area contributed by atoms with Crippen molar-refractivity contribution in [1.29, 1.82) is 0 Å². The standard InChI is InChI=1S/C21H18N4OS/c26-19(14-25-12-11-22-21(25)17-9-5-2-6-10-17)23-13-20-24-18(15-27-20)16-7-3-1-4-8-16/h1-12,15H,13-14H2,(H,23,26). The van der Waals surface area contributed by atoms with Gasteiger partial charge in [-0.05, 0) is 0 Å². The molecule has 0 aliphatic heterocycles. The van der Waals surface area contributed by atoms with Crippen LogP contribution < -0.4 is 5.32 Å². The topological polar surface area (TPSA) is 59.8 Å². The van der Waals surface area contributed by atoms with Crippen LogP contribution in [0.5, 0.6) is 0 Å². The number of hydrogen-bond donors (Lipinski definition) is 1. The maximum absolute atomic E-state index is 12.4. The summed E-state index contributed by atoms with van der Waals surface area (Å²) in [6.07, 6.45) is 3.53. The molecular weight excluding hydrogens is 356 g/mol. The molecule has 27 heavy (non-hydrogen) atoms. The maximum atomic E-state index is 12.4. The Bertz CT molecular complexity index is 1020. The van der Waals surface area contributed by atoms with Crippen LogP contribution in [0.3, 0.4) is 0 Å². The third-order valence-corrected chi connectivity index (χ3v) is 4.97. The molecule has 1 amide bonds. The van der Waals surface area contributed by atoms with Gasteiger partial charge in [0.2, 0.25) is 5.91 Å². The van der Waals surface area contributed by atoms with Crippen molar-refractivity contribution >= 4 is 17.2 Å². The zero-order valence-corrected chi connectivity index (χ0v) is 15.4. The van der Waals surface area contributed by atoms with Crippen molar-refractivity contribution in [3.05, 3.63) is 83.4 Å². The first-order valence-electron chi connectivity index (χ1n) is 8.63. The van der Waals surface area contributed by atoms with Crippen LogP contribution in [0, 0.1) is 0 Å². The lowest BCUT2D eigenvalue weighted by Crippen LogP contribution is -2.27. The molecule has 0 bridgehead atoms. The quantitative estimate of drug-likeness (QED) is 0.555. The molecule has 0 aliphatic carbocycles. The Morgan fingerprint density at radius 1 is 1.00 bits per heavy atom. The van der Waals surface area contributed by atoms with E-state index in [1.807, 2.05) is 76.8 Å². The third-order valence-electron chi connectivity index (χ3n) is 4.12. The van der Waals surface area contributed by atoms with E-state index in [-0.39, 0.29) is 12.5 Å². The summed E-state index contributed by atoms with van der Waals surface area (Å²) in [6.45, 7) is 0.646. The van der Waals surface area contributed by atoms with Crippen LogP contribution in [0.15, 0.2) is 78.4 Å². The second-order valence-corrected chi connectivity index (χ2v) is 6.96. The minimum absolute atomic E-state index is 0.0679. The number of nitrogens with one attached hydrogen (secondary N) is 1. The Labute approximate surface area is 161 Å². The fraction of sp³-hybridized carbons (Fsp3) is 0.0952. The molecule has 2 aromatic carbocycles. The van der Waals surface area contributed by atoms with Gasteiger partial charge in [0.15, 0.2) is 0 Å². The van der Waals surface area contributed by atoms with Crippen molar-refractivity contribution in [3.63, 3.8) is 0 Å². The molecule has 0 aliphatic rings. The highest BCUT2D eigenvalue weighted by Crippen LogP contribution is 2.21. The van der Waals surface area contributed by atoms with Gasteiger partial charge < -0.3 is 9.88 Å². The predicted octanol–water partition coefficient (Wildman–Crippen LogP) is 3.99. The SMILES string of the molecule is O=C(Cn1ccnc1-c1ccccc1)NCc1nc(-c2ccccc2)cs1. The molecule has 4 aromatic rings. The van der Waals surface area contributed by atoms with Crippen LogP contribution in [0.25, 0.3) is 22.6 Å². The molecule has 4 rings (SSSR count). The van der Waals surface area contributed by atoms with E-state index in [9.17, 15) is 4.79 Å². The van der Waals surface area contributed by atoms with Gasteiger partial charge in [0, 0.05) is 28.9 Å². The normalized spacial score (nSPS) is 10.7. The monoisotopic (exact) mass is 374 g/mol. The van der Waals surface area contributed by atoms with Gasteiger partial charge in [0.1, 0.15) is 17.4 Å². The number of aromatic nitrogens is 3. The molecule has 134 valence electrons. The second-order valence-electron chi connectivity index (χ2n) is 6.01. The lowest BCUT2D eigenvalue weighted by atomic mass is 10.2. The predicted molar refractivity (Wildman–Crippen MR) is 107 cm³/mol. The van der Waals surface area contributed by atoms with Crippen molar-refractivity contribution in [2.24, 2.45) is 0 Å². The van der Waals surface area contributed by atoms with Crippen LogP contribution in [0.4, 0.5) is 0 Å². The average molecular weight is 374 g/mol. The molecule has 0 fully saturated rings. The highest BCUT2D eigenvalue weighted by Gasteiger charge is 2.10. The first-order valence-corrected chi connectivity index (χ1v) is 9.50. The molecule has 0 saturated carbocycles. The zero-order chi connectivity index (χ0) is 18.5. The number of rotatable bonds is 6. The van der Waals surface area contributed by atoms with Crippen LogP contribution >= 0.6 is 11.3 Å². The van der Waals surface area contributed by atoms with Gasteiger partial charge >= 0.3 is 0 Å². The highest BCUT2D eigenvalue weighted by molar-refractivity contribution is 7.09. The Hall–Kier alpha value is -3.25. The number of carbonyl (C=O) groups excluding carboxylic acids is 1. The van der Waals surface area contributed by atoms with Gasteiger partial charge in [-0.1, -0.05) is 60.7 Å². The second kappa shape index (κ2) is 7.97. The third kappa shape index (κ3) is 4.12. The summed E-state index contributed by atoms with van der Waals surface area (Å²) in [4.78, 5) is 21.3. The Morgan fingerprint density at radius 3 is 2.44 bits per heavy atom. The summed E-state index contributed by atoms with van der Waals surface area (Å²) >= 11 is 1.55. The van der Waals surface area contributed by atoms with E-state index < -0.39 is 0 Å². The summed E-state index contributed by atoms with van der Waals surface area (Å²) in [5.74, 6) is 0.716. The Morgan fingerprint density at radius 2 is 1.70 bits per heavy atom. The van der Waals surface area contributed by atoms with Gasteiger partial charge in [0.05, 0.1) is 12.2 Å².